The van der Waals surface area contributed by atoms with E-state index in [9.17, 15) is 8.42 Å². The molecule has 0 saturated carbocycles. The van der Waals surface area contributed by atoms with Gasteiger partial charge in [-0.2, -0.15) is 10.2 Å². The molecule has 0 fully saturated rings. The van der Waals surface area contributed by atoms with Gasteiger partial charge in [0.15, 0.2) is 5.82 Å². The average Bonchev–Trinajstić information content (AvgIpc) is 2.80. The quantitative estimate of drug-likeness (QED) is 0.234. The van der Waals surface area contributed by atoms with Crippen LogP contribution in [0, 0.1) is 0 Å². The molecule has 0 aliphatic rings. The molecule has 1 heterocycles. The Balaban J connectivity index is 1.61. The number of hydrogen-bond acceptors (Lipinski definition) is 7. The van der Waals surface area contributed by atoms with Crippen molar-refractivity contribution in [2.75, 3.05) is 17.7 Å². The SMILES string of the molecule is Nc1ccc(S(=O)(=O)NCC(=NNc2nncc3ccccc23)c2ccccc2)cc1. The zero-order chi connectivity index (χ0) is 21.7. The topological polar surface area (TPSA) is 122 Å². The first-order valence-electron chi connectivity index (χ1n) is 9.46. The molecule has 3 aromatic carbocycles. The smallest absolute Gasteiger partial charge is 0.240 e. The van der Waals surface area contributed by atoms with E-state index in [2.05, 4.69) is 25.4 Å². The Morgan fingerprint density at radius 3 is 2.42 bits per heavy atom. The van der Waals surface area contributed by atoms with Crippen LogP contribution >= 0.6 is 0 Å². The summed E-state index contributed by atoms with van der Waals surface area (Å²) in [7, 11) is -3.74. The summed E-state index contributed by atoms with van der Waals surface area (Å²) in [4.78, 5) is 0.127. The molecule has 1 aromatic heterocycles. The molecule has 0 aliphatic carbocycles. The number of hydrogen-bond donors (Lipinski definition) is 3. The number of anilines is 2. The zero-order valence-corrected chi connectivity index (χ0v) is 17.3. The monoisotopic (exact) mass is 432 g/mol. The van der Waals surface area contributed by atoms with Gasteiger partial charge >= 0.3 is 0 Å². The van der Waals surface area contributed by atoms with Crippen LogP contribution < -0.4 is 15.9 Å². The molecule has 0 spiro atoms. The summed E-state index contributed by atoms with van der Waals surface area (Å²) in [6, 6.07) is 23.0. The van der Waals surface area contributed by atoms with Crippen LogP contribution in [0.5, 0.6) is 0 Å². The highest BCUT2D eigenvalue weighted by atomic mass is 32.2. The van der Waals surface area contributed by atoms with E-state index in [0.717, 1.165) is 16.3 Å². The number of benzene rings is 3. The van der Waals surface area contributed by atoms with E-state index >= 15 is 0 Å². The van der Waals surface area contributed by atoms with E-state index in [1.165, 1.54) is 12.1 Å². The summed E-state index contributed by atoms with van der Waals surface area (Å²) in [5, 5.41) is 14.3. The Kier molecular flexibility index (Phi) is 5.87. The van der Waals surface area contributed by atoms with Gasteiger partial charge in [0, 0.05) is 16.5 Å². The Hall–Kier alpha value is -3.82. The minimum absolute atomic E-state index is 0.0259. The zero-order valence-electron chi connectivity index (χ0n) is 16.4. The molecular weight excluding hydrogens is 412 g/mol. The van der Waals surface area contributed by atoms with Crippen molar-refractivity contribution in [1.82, 2.24) is 14.9 Å². The normalized spacial score (nSPS) is 12.1. The Morgan fingerprint density at radius 2 is 1.65 bits per heavy atom. The molecule has 4 rings (SSSR count). The molecule has 31 heavy (non-hydrogen) atoms. The summed E-state index contributed by atoms with van der Waals surface area (Å²) < 4.78 is 27.9. The van der Waals surface area contributed by atoms with Crippen LogP contribution in [0.1, 0.15) is 5.56 Å². The summed E-state index contributed by atoms with van der Waals surface area (Å²) in [6.07, 6.45) is 1.67. The lowest BCUT2D eigenvalue weighted by atomic mass is 10.1. The number of rotatable bonds is 7. The van der Waals surface area contributed by atoms with Crippen LogP contribution in [0.4, 0.5) is 11.5 Å². The van der Waals surface area contributed by atoms with Gasteiger partial charge in [-0.05, 0) is 29.8 Å². The van der Waals surface area contributed by atoms with Crippen molar-refractivity contribution in [2.24, 2.45) is 5.10 Å². The third kappa shape index (κ3) is 4.85. The van der Waals surface area contributed by atoms with Crippen molar-refractivity contribution in [3.63, 3.8) is 0 Å². The van der Waals surface area contributed by atoms with Crippen LogP contribution in [0.3, 0.4) is 0 Å². The first-order valence-corrected chi connectivity index (χ1v) is 10.9. The van der Waals surface area contributed by atoms with Crippen molar-refractivity contribution in [2.45, 2.75) is 4.90 Å². The fourth-order valence-corrected chi connectivity index (χ4v) is 3.95. The minimum Gasteiger partial charge on any atom is -0.399 e. The van der Waals surface area contributed by atoms with Gasteiger partial charge < -0.3 is 5.73 Å². The van der Waals surface area contributed by atoms with E-state index < -0.39 is 10.0 Å². The third-order valence-electron chi connectivity index (χ3n) is 4.59. The first kappa shape index (κ1) is 20.5. The summed E-state index contributed by atoms with van der Waals surface area (Å²) >= 11 is 0. The number of nitrogen functional groups attached to an aromatic ring is 1. The van der Waals surface area contributed by atoms with E-state index in [0.29, 0.717) is 17.2 Å². The van der Waals surface area contributed by atoms with Gasteiger partial charge in [0.25, 0.3) is 0 Å². The second-order valence-electron chi connectivity index (χ2n) is 6.71. The standard InChI is InChI=1S/C22H20N6O2S/c23-18-10-12-19(13-11-18)31(29,30)25-15-21(16-6-2-1-3-7-16)26-28-22-20-9-5-4-8-17(20)14-24-27-22/h1-14,25H,15,23H2,(H,27,28). The second kappa shape index (κ2) is 8.90. The number of nitrogens with one attached hydrogen (secondary N) is 2. The number of sulfonamides is 1. The lowest BCUT2D eigenvalue weighted by molar-refractivity contribution is 0.586. The van der Waals surface area contributed by atoms with Crippen LogP contribution in [0.2, 0.25) is 0 Å². The predicted molar refractivity (Wildman–Crippen MR) is 122 cm³/mol. The predicted octanol–water partition coefficient (Wildman–Crippen LogP) is 3.01. The summed E-state index contributed by atoms with van der Waals surface area (Å²) in [5.41, 5.74) is 10.3. The molecule has 0 radical (unpaired) electrons. The summed E-state index contributed by atoms with van der Waals surface area (Å²) in [6.45, 7) is -0.0259. The maximum absolute atomic E-state index is 12.7. The molecule has 9 heteroatoms. The van der Waals surface area contributed by atoms with Gasteiger partial charge in [-0.1, -0.05) is 54.6 Å². The minimum atomic E-state index is -3.74. The lowest BCUT2D eigenvalue weighted by Crippen LogP contribution is -2.30. The fourth-order valence-electron chi connectivity index (χ4n) is 2.96. The number of hydrazone groups is 1. The van der Waals surface area contributed by atoms with Crippen molar-refractivity contribution in [3.8, 4) is 0 Å². The highest BCUT2D eigenvalue weighted by Crippen LogP contribution is 2.19. The Labute approximate surface area is 179 Å². The van der Waals surface area contributed by atoms with Gasteiger partial charge in [-0.3, -0.25) is 5.43 Å². The van der Waals surface area contributed by atoms with Gasteiger partial charge in [0.2, 0.25) is 10.0 Å². The molecule has 156 valence electrons. The molecule has 0 amide bonds. The van der Waals surface area contributed by atoms with Crippen LogP contribution in [0.25, 0.3) is 10.8 Å². The highest BCUT2D eigenvalue weighted by Gasteiger charge is 2.15. The van der Waals surface area contributed by atoms with E-state index in [1.807, 2.05) is 54.6 Å². The average molecular weight is 433 g/mol. The summed E-state index contributed by atoms with van der Waals surface area (Å²) in [5.74, 6) is 0.480. The van der Waals surface area contributed by atoms with Gasteiger partial charge in [0.05, 0.1) is 23.3 Å². The maximum atomic E-state index is 12.7. The molecule has 4 aromatic rings. The van der Waals surface area contributed by atoms with E-state index in [-0.39, 0.29) is 11.4 Å². The molecule has 8 nitrogen and oxygen atoms in total. The molecule has 0 unspecified atom stereocenters. The van der Waals surface area contributed by atoms with Crippen LogP contribution in [-0.2, 0) is 10.0 Å². The number of fused-ring (bicyclic) bond motifs is 1. The number of nitrogens with zero attached hydrogens (tertiary/aromatic N) is 3. The molecule has 0 bridgehead atoms. The van der Waals surface area contributed by atoms with Crippen molar-refractivity contribution < 1.29 is 8.42 Å². The Bertz CT molecular complexity index is 1320. The Morgan fingerprint density at radius 1 is 0.935 bits per heavy atom. The lowest BCUT2D eigenvalue weighted by Gasteiger charge is -2.11. The first-order chi connectivity index (χ1) is 15.0. The molecule has 4 N–H and O–H groups in total. The molecule has 0 aliphatic heterocycles. The molecule has 0 saturated heterocycles. The van der Waals surface area contributed by atoms with Crippen molar-refractivity contribution in [3.05, 3.63) is 90.6 Å². The number of nitrogens with two attached hydrogens (primary N) is 1. The maximum Gasteiger partial charge on any atom is 0.240 e. The van der Waals surface area contributed by atoms with Crippen LogP contribution in [-0.4, -0.2) is 30.9 Å². The molecule has 0 atom stereocenters. The van der Waals surface area contributed by atoms with Gasteiger partial charge in [0.1, 0.15) is 0 Å². The van der Waals surface area contributed by atoms with E-state index in [4.69, 9.17) is 5.73 Å². The van der Waals surface area contributed by atoms with Crippen LogP contribution in [0.15, 0.2) is 95.1 Å². The van der Waals surface area contributed by atoms with E-state index in [1.54, 1.807) is 18.3 Å². The number of aromatic nitrogens is 2. The highest BCUT2D eigenvalue weighted by molar-refractivity contribution is 7.89. The van der Waals surface area contributed by atoms with Gasteiger partial charge in [-0.25, -0.2) is 13.1 Å². The van der Waals surface area contributed by atoms with Gasteiger partial charge in [-0.15, -0.1) is 5.10 Å². The van der Waals surface area contributed by atoms with Crippen molar-refractivity contribution in [1.29, 1.82) is 0 Å². The largest absolute Gasteiger partial charge is 0.399 e. The molecular formula is C22H20N6O2S. The fraction of sp³-hybridized carbons (Fsp3) is 0.0455. The van der Waals surface area contributed by atoms with Crippen molar-refractivity contribution >= 4 is 38.0 Å². The third-order valence-corrected chi connectivity index (χ3v) is 6.01. The second-order valence-corrected chi connectivity index (χ2v) is 8.48.